The van der Waals surface area contributed by atoms with E-state index in [1.54, 1.807) is 18.2 Å². The minimum absolute atomic E-state index is 0.0552. The molecular formula is C15H13Cl3N2O3S. The molecule has 1 aromatic heterocycles. The average molecular weight is 408 g/mol. The van der Waals surface area contributed by atoms with Crippen molar-refractivity contribution in [1.82, 2.24) is 9.55 Å². The Morgan fingerprint density at radius 1 is 1.33 bits per heavy atom. The van der Waals surface area contributed by atoms with Gasteiger partial charge < -0.3 is 9.30 Å². The summed E-state index contributed by atoms with van der Waals surface area (Å²) in [4.78, 5) is 27.8. The van der Waals surface area contributed by atoms with Gasteiger partial charge in [-0.1, -0.05) is 36.2 Å². The van der Waals surface area contributed by atoms with Crippen molar-refractivity contribution in [3.05, 3.63) is 45.2 Å². The van der Waals surface area contributed by atoms with Gasteiger partial charge in [-0.25, -0.2) is 9.78 Å². The first-order valence-electron chi connectivity index (χ1n) is 6.86. The molecule has 0 radical (unpaired) electrons. The number of methoxy groups -OCH3 is 1. The zero-order valence-electron chi connectivity index (χ0n) is 12.7. The maximum atomic E-state index is 12.2. The molecule has 1 atom stereocenters. The molecular weight excluding hydrogens is 395 g/mol. The second-order valence-corrected chi connectivity index (χ2v) is 6.40. The normalized spacial score (nSPS) is 12.1. The van der Waals surface area contributed by atoms with Gasteiger partial charge in [0.05, 0.1) is 23.2 Å². The predicted octanol–water partition coefficient (Wildman–Crippen LogP) is 4.64. The second-order valence-electron chi connectivity index (χ2n) is 4.84. The molecule has 128 valence electrons. The fourth-order valence-corrected chi connectivity index (χ4v) is 3.21. The van der Waals surface area contributed by atoms with E-state index in [9.17, 15) is 9.59 Å². The van der Waals surface area contributed by atoms with Gasteiger partial charge in [-0.15, -0.1) is 12.6 Å². The molecule has 0 N–H and O–H groups in total. The van der Waals surface area contributed by atoms with Gasteiger partial charge in [-0.3, -0.25) is 4.79 Å². The first-order valence-corrected chi connectivity index (χ1v) is 8.44. The van der Waals surface area contributed by atoms with Gasteiger partial charge in [0.15, 0.2) is 16.5 Å². The Morgan fingerprint density at radius 3 is 2.50 bits per heavy atom. The first kappa shape index (κ1) is 19.1. The van der Waals surface area contributed by atoms with E-state index in [0.29, 0.717) is 16.5 Å². The smallest absolute Gasteiger partial charge is 0.357 e. The van der Waals surface area contributed by atoms with Crippen molar-refractivity contribution in [1.29, 1.82) is 0 Å². The van der Waals surface area contributed by atoms with Crippen LogP contribution in [0.2, 0.25) is 10.0 Å². The Hall–Kier alpha value is -1.21. The number of imidazole rings is 1. The number of benzene rings is 1. The van der Waals surface area contributed by atoms with Crippen LogP contribution >= 0.6 is 47.4 Å². The van der Waals surface area contributed by atoms with E-state index in [-0.39, 0.29) is 22.6 Å². The highest BCUT2D eigenvalue weighted by Gasteiger charge is 2.30. The molecule has 0 amide bonds. The lowest BCUT2D eigenvalue weighted by Gasteiger charge is -2.21. The number of carbonyl (C=O) groups is 2. The maximum Gasteiger partial charge on any atom is 0.357 e. The van der Waals surface area contributed by atoms with Crippen molar-refractivity contribution < 1.29 is 14.3 Å². The number of halogens is 3. The van der Waals surface area contributed by atoms with Crippen molar-refractivity contribution in [2.24, 2.45) is 0 Å². The van der Waals surface area contributed by atoms with Crippen LogP contribution in [0.4, 0.5) is 0 Å². The molecule has 1 aromatic carbocycles. The zero-order chi connectivity index (χ0) is 18.0. The summed E-state index contributed by atoms with van der Waals surface area (Å²) in [5.41, 5.74) is 0.519. The van der Waals surface area contributed by atoms with Crippen LogP contribution in [0.3, 0.4) is 0 Å². The third kappa shape index (κ3) is 3.57. The Kier molecular flexibility index (Phi) is 6.20. The SMILES string of the molecule is CCC(c1ccc(Cl)c(Cl)c1)n1c(S)nc(C(=O)Cl)c1C(=O)OC. The van der Waals surface area contributed by atoms with Gasteiger partial charge in [0.1, 0.15) is 0 Å². The molecule has 0 aliphatic rings. The van der Waals surface area contributed by atoms with Crippen LogP contribution in [0.15, 0.2) is 23.4 Å². The Bertz CT molecular complexity index is 808. The van der Waals surface area contributed by atoms with E-state index < -0.39 is 11.2 Å². The van der Waals surface area contributed by atoms with Crippen LogP contribution in [0.5, 0.6) is 0 Å². The molecule has 5 nitrogen and oxygen atoms in total. The quantitative estimate of drug-likeness (QED) is 0.445. The number of hydrogen-bond acceptors (Lipinski definition) is 5. The van der Waals surface area contributed by atoms with Crippen molar-refractivity contribution in [3.8, 4) is 0 Å². The van der Waals surface area contributed by atoms with Gasteiger partial charge in [0.2, 0.25) is 0 Å². The molecule has 2 rings (SSSR count). The van der Waals surface area contributed by atoms with Crippen LogP contribution in [-0.4, -0.2) is 27.9 Å². The van der Waals surface area contributed by atoms with Crippen LogP contribution in [0.25, 0.3) is 0 Å². The number of thiol groups is 1. The molecule has 1 unspecified atom stereocenters. The van der Waals surface area contributed by atoms with Crippen molar-refractivity contribution in [2.75, 3.05) is 7.11 Å². The summed E-state index contributed by atoms with van der Waals surface area (Å²) in [6.45, 7) is 1.91. The number of hydrogen-bond donors (Lipinski definition) is 1. The lowest BCUT2D eigenvalue weighted by molar-refractivity contribution is 0.0582. The minimum atomic E-state index is -0.867. The van der Waals surface area contributed by atoms with Crippen molar-refractivity contribution >= 4 is 58.6 Å². The molecule has 0 saturated carbocycles. The summed E-state index contributed by atoms with van der Waals surface area (Å²) in [7, 11) is 1.21. The van der Waals surface area contributed by atoms with Crippen molar-refractivity contribution in [2.45, 2.75) is 24.5 Å². The zero-order valence-corrected chi connectivity index (χ0v) is 15.9. The largest absolute Gasteiger partial charge is 0.464 e. The van der Waals surface area contributed by atoms with Gasteiger partial charge in [-0.2, -0.15) is 0 Å². The van der Waals surface area contributed by atoms with E-state index in [2.05, 4.69) is 17.6 Å². The Morgan fingerprint density at radius 2 is 2.00 bits per heavy atom. The number of esters is 1. The summed E-state index contributed by atoms with van der Waals surface area (Å²) in [5, 5.41) is 0.0873. The monoisotopic (exact) mass is 406 g/mol. The van der Waals surface area contributed by atoms with Gasteiger partial charge in [0, 0.05) is 0 Å². The number of carbonyl (C=O) groups excluding carboxylic acids is 2. The number of nitrogens with zero attached hydrogens (tertiary/aromatic N) is 2. The van der Waals surface area contributed by atoms with E-state index >= 15 is 0 Å². The summed E-state index contributed by atoms with van der Waals surface area (Å²) < 4.78 is 6.27. The standard InChI is InChI=1S/C15H13Cl3N2O3S/c1-3-10(7-4-5-8(16)9(17)6-7)20-12(14(22)23-2)11(13(18)21)19-15(20)24/h4-6,10H,3H2,1-2H3,(H,19,24). The van der Waals surface area contributed by atoms with Gasteiger partial charge in [0.25, 0.3) is 5.24 Å². The lowest BCUT2D eigenvalue weighted by atomic mass is 10.0. The van der Waals surface area contributed by atoms with E-state index in [1.807, 2.05) is 6.92 Å². The third-order valence-electron chi connectivity index (χ3n) is 3.48. The van der Waals surface area contributed by atoms with Gasteiger partial charge in [-0.05, 0) is 35.7 Å². The Balaban J connectivity index is 2.69. The highest BCUT2D eigenvalue weighted by atomic mass is 35.5. The second kappa shape index (κ2) is 7.78. The summed E-state index contributed by atoms with van der Waals surface area (Å²) in [6, 6.07) is 4.76. The van der Waals surface area contributed by atoms with Crippen LogP contribution in [0.1, 0.15) is 45.9 Å². The number of rotatable bonds is 5. The van der Waals surface area contributed by atoms with Crippen LogP contribution < -0.4 is 0 Å². The minimum Gasteiger partial charge on any atom is -0.464 e. The number of aromatic nitrogens is 2. The Labute approximate surface area is 159 Å². The highest BCUT2D eigenvalue weighted by Crippen LogP contribution is 2.33. The molecule has 0 spiro atoms. The number of ether oxygens (including phenoxy) is 1. The van der Waals surface area contributed by atoms with Crippen LogP contribution in [0, 0.1) is 0 Å². The molecule has 9 heteroatoms. The predicted molar refractivity (Wildman–Crippen MR) is 95.9 cm³/mol. The molecule has 2 aromatic rings. The summed E-state index contributed by atoms with van der Waals surface area (Å²) in [5.74, 6) is -0.731. The first-order chi connectivity index (χ1) is 11.3. The van der Waals surface area contributed by atoms with E-state index in [4.69, 9.17) is 39.5 Å². The van der Waals surface area contributed by atoms with Gasteiger partial charge >= 0.3 is 5.97 Å². The summed E-state index contributed by atoms with van der Waals surface area (Å²) in [6.07, 6.45) is 0.571. The molecule has 24 heavy (non-hydrogen) atoms. The molecule has 0 fully saturated rings. The molecule has 0 aliphatic heterocycles. The van der Waals surface area contributed by atoms with Crippen LogP contribution in [-0.2, 0) is 4.74 Å². The fourth-order valence-electron chi connectivity index (χ4n) is 2.43. The van der Waals surface area contributed by atoms with E-state index in [0.717, 1.165) is 5.56 Å². The fraction of sp³-hybridized carbons (Fsp3) is 0.267. The molecule has 0 saturated heterocycles. The highest BCUT2D eigenvalue weighted by molar-refractivity contribution is 7.80. The lowest BCUT2D eigenvalue weighted by Crippen LogP contribution is -2.19. The molecule has 1 heterocycles. The average Bonchev–Trinajstić information content (AvgIpc) is 2.89. The third-order valence-corrected chi connectivity index (χ3v) is 4.72. The van der Waals surface area contributed by atoms with E-state index in [1.165, 1.54) is 11.7 Å². The maximum absolute atomic E-state index is 12.2. The molecule has 0 bridgehead atoms. The molecule has 0 aliphatic carbocycles. The topological polar surface area (TPSA) is 61.2 Å². The summed E-state index contributed by atoms with van der Waals surface area (Å²) >= 11 is 21.9. The van der Waals surface area contributed by atoms with Crippen molar-refractivity contribution in [3.63, 3.8) is 0 Å².